The number of pyridine rings is 1. The lowest BCUT2D eigenvalue weighted by Gasteiger charge is -2.26. The number of nitrogens with zero attached hydrogens (tertiary/aromatic N) is 3. The van der Waals surface area contributed by atoms with Crippen LogP contribution in [0, 0.1) is 0 Å². The molecule has 132 valence electrons. The van der Waals surface area contributed by atoms with Gasteiger partial charge in [-0.2, -0.15) is 4.31 Å². The maximum Gasteiger partial charge on any atom is 0.244 e. The standard InChI is InChI=1S/C19H23N3O2S/c23-25(24,21-12-4-5-13-21)17-10-11-19(20-15-17)22-14-6-9-18(22)16-7-2-1-3-8-16/h1-3,7-8,10-11,15,18H,4-6,9,12-14H2. The first-order valence-electron chi connectivity index (χ1n) is 8.94. The van der Waals surface area contributed by atoms with Gasteiger partial charge in [0, 0.05) is 25.8 Å². The topological polar surface area (TPSA) is 53.5 Å². The summed E-state index contributed by atoms with van der Waals surface area (Å²) < 4.78 is 26.8. The summed E-state index contributed by atoms with van der Waals surface area (Å²) in [5.41, 5.74) is 1.29. The van der Waals surface area contributed by atoms with Crippen LogP contribution in [0.1, 0.15) is 37.3 Å². The Morgan fingerprint density at radius 2 is 1.68 bits per heavy atom. The fraction of sp³-hybridized carbons (Fsp3) is 0.421. The molecule has 1 aromatic carbocycles. The lowest BCUT2D eigenvalue weighted by atomic mass is 10.0. The first-order chi connectivity index (χ1) is 12.2. The van der Waals surface area contributed by atoms with Crippen LogP contribution < -0.4 is 4.90 Å². The molecule has 5 nitrogen and oxygen atoms in total. The molecule has 4 rings (SSSR count). The van der Waals surface area contributed by atoms with Crippen molar-refractivity contribution < 1.29 is 8.42 Å². The highest BCUT2D eigenvalue weighted by Crippen LogP contribution is 2.35. The van der Waals surface area contributed by atoms with Crippen LogP contribution in [0.5, 0.6) is 0 Å². The molecule has 0 saturated carbocycles. The average Bonchev–Trinajstić information content (AvgIpc) is 3.35. The SMILES string of the molecule is O=S(=O)(c1ccc(N2CCCC2c2ccccc2)nc1)N1CCCC1. The third-order valence-corrected chi connectivity index (χ3v) is 7.04. The zero-order valence-corrected chi connectivity index (χ0v) is 15.0. The minimum Gasteiger partial charge on any atom is -0.350 e. The van der Waals surface area contributed by atoms with Crippen LogP contribution >= 0.6 is 0 Å². The van der Waals surface area contributed by atoms with E-state index in [1.165, 1.54) is 11.8 Å². The second-order valence-electron chi connectivity index (χ2n) is 6.73. The van der Waals surface area contributed by atoms with Crippen molar-refractivity contribution in [3.63, 3.8) is 0 Å². The molecule has 2 fully saturated rings. The number of anilines is 1. The van der Waals surface area contributed by atoms with Crippen LogP contribution in [0.25, 0.3) is 0 Å². The van der Waals surface area contributed by atoms with Gasteiger partial charge >= 0.3 is 0 Å². The van der Waals surface area contributed by atoms with Crippen molar-refractivity contribution in [1.82, 2.24) is 9.29 Å². The van der Waals surface area contributed by atoms with E-state index < -0.39 is 10.0 Å². The summed E-state index contributed by atoms with van der Waals surface area (Å²) in [5, 5.41) is 0. The van der Waals surface area contributed by atoms with Gasteiger partial charge in [0.15, 0.2) is 0 Å². The molecule has 3 heterocycles. The summed E-state index contributed by atoms with van der Waals surface area (Å²) in [4.78, 5) is 7.07. The third kappa shape index (κ3) is 3.16. The van der Waals surface area contributed by atoms with Gasteiger partial charge in [-0.05, 0) is 43.4 Å². The Morgan fingerprint density at radius 3 is 2.36 bits per heavy atom. The molecule has 0 N–H and O–H groups in total. The van der Waals surface area contributed by atoms with Crippen molar-refractivity contribution in [2.24, 2.45) is 0 Å². The van der Waals surface area contributed by atoms with Crippen LogP contribution in [0.4, 0.5) is 5.82 Å². The van der Waals surface area contributed by atoms with Gasteiger partial charge in [0.2, 0.25) is 10.0 Å². The van der Waals surface area contributed by atoms with Gasteiger partial charge in [-0.1, -0.05) is 30.3 Å². The maximum atomic E-state index is 12.6. The quantitative estimate of drug-likeness (QED) is 0.843. The van der Waals surface area contributed by atoms with E-state index in [-0.39, 0.29) is 0 Å². The van der Waals surface area contributed by atoms with Gasteiger partial charge in [-0.3, -0.25) is 0 Å². The first kappa shape index (κ1) is 16.5. The highest BCUT2D eigenvalue weighted by atomic mass is 32.2. The number of hydrogen-bond donors (Lipinski definition) is 0. The first-order valence-corrected chi connectivity index (χ1v) is 10.4. The molecule has 2 aromatic rings. The minimum absolute atomic E-state index is 0.300. The second-order valence-corrected chi connectivity index (χ2v) is 8.66. The summed E-state index contributed by atoms with van der Waals surface area (Å²) in [6, 6.07) is 14.3. The van der Waals surface area contributed by atoms with E-state index in [0.717, 1.165) is 38.0 Å². The molecule has 2 aliphatic rings. The van der Waals surface area contributed by atoms with Gasteiger partial charge in [-0.25, -0.2) is 13.4 Å². The van der Waals surface area contributed by atoms with Crippen LogP contribution in [0.2, 0.25) is 0 Å². The molecule has 0 aliphatic carbocycles. The van der Waals surface area contributed by atoms with Gasteiger partial charge in [0.25, 0.3) is 0 Å². The minimum atomic E-state index is -3.39. The van der Waals surface area contributed by atoms with Crippen LogP contribution in [-0.4, -0.2) is 37.3 Å². The molecular weight excluding hydrogens is 334 g/mol. The molecular formula is C19H23N3O2S. The predicted molar refractivity (Wildman–Crippen MR) is 98.0 cm³/mol. The van der Waals surface area contributed by atoms with Gasteiger partial charge < -0.3 is 4.90 Å². The molecule has 1 unspecified atom stereocenters. The van der Waals surface area contributed by atoms with E-state index in [4.69, 9.17) is 0 Å². The lowest BCUT2D eigenvalue weighted by molar-refractivity contribution is 0.477. The molecule has 2 saturated heterocycles. The largest absolute Gasteiger partial charge is 0.350 e. The van der Waals surface area contributed by atoms with Gasteiger partial charge in [0.05, 0.1) is 6.04 Å². The fourth-order valence-electron chi connectivity index (χ4n) is 3.84. The molecule has 1 atom stereocenters. The zero-order chi connectivity index (χ0) is 17.3. The number of aromatic nitrogens is 1. The zero-order valence-electron chi connectivity index (χ0n) is 14.2. The number of benzene rings is 1. The Kier molecular flexibility index (Phi) is 4.48. The summed E-state index contributed by atoms with van der Waals surface area (Å²) in [6.45, 7) is 2.18. The van der Waals surface area contributed by atoms with E-state index in [0.29, 0.717) is 24.0 Å². The molecule has 0 spiro atoms. The smallest absolute Gasteiger partial charge is 0.244 e. The second kappa shape index (κ2) is 6.77. The Labute approximate surface area is 149 Å². The van der Waals surface area contributed by atoms with Gasteiger partial charge in [0.1, 0.15) is 10.7 Å². The van der Waals surface area contributed by atoms with Crippen molar-refractivity contribution in [2.45, 2.75) is 36.6 Å². The average molecular weight is 357 g/mol. The van der Waals surface area contributed by atoms with Crippen LogP contribution in [-0.2, 0) is 10.0 Å². The van der Waals surface area contributed by atoms with E-state index >= 15 is 0 Å². The summed E-state index contributed by atoms with van der Waals surface area (Å²) in [6.07, 6.45) is 5.62. The maximum absolute atomic E-state index is 12.6. The summed E-state index contributed by atoms with van der Waals surface area (Å²) in [5.74, 6) is 0.853. The molecule has 1 aromatic heterocycles. The normalized spacial score (nSPS) is 21.8. The highest BCUT2D eigenvalue weighted by molar-refractivity contribution is 7.89. The van der Waals surface area contributed by atoms with Gasteiger partial charge in [-0.15, -0.1) is 0 Å². The summed E-state index contributed by atoms with van der Waals surface area (Å²) >= 11 is 0. The number of rotatable bonds is 4. The Balaban J connectivity index is 1.57. The van der Waals surface area contributed by atoms with Crippen molar-refractivity contribution in [3.8, 4) is 0 Å². The van der Waals surface area contributed by atoms with Crippen molar-refractivity contribution in [2.75, 3.05) is 24.5 Å². The Hall–Kier alpha value is -1.92. The molecule has 0 amide bonds. The van der Waals surface area contributed by atoms with E-state index in [1.807, 2.05) is 12.1 Å². The van der Waals surface area contributed by atoms with E-state index in [2.05, 4.69) is 34.1 Å². The molecule has 6 heteroatoms. The Morgan fingerprint density at radius 1 is 0.920 bits per heavy atom. The number of hydrogen-bond acceptors (Lipinski definition) is 4. The van der Waals surface area contributed by atoms with Crippen LogP contribution in [0.3, 0.4) is 0 Å². The number of sulfonamides is 1. The predicted octanol–water partition coefficient (Wildman–Crippen LogP) is 3.21. The van der Waals surface area contributed by atoms with Crippen molar-refractivity contribution >= 4 is 15.8 Å². The lowest BCUT2D eigenvalue weighted by Crippen LogP contribution is -2.28. The highest BCUT2D eigenvalue weighted by Gasteiger charge is 2.29. The van der Waals surface area contributed by atoms with E-state index in [1.54, 1.807) is 10.4 Å². The molecule has 25 heavy (non-hydrogen) atoms. The van der Waals surface area contributed by atoms with Crippen molar-refractivity contribution in [3.05, 3.63) is 54.2 Å². The van der Waals surface area contributed by atoms with Crippen molar-refractivity contribution in [1.29, 1.82) is 0 Å². The molecule has 0 bridgehead atoms. The monoisotopic (exact) mass is 357 g/mol. The Bertz CT molecular complexity index is 816. The third-order valence-electron chi connectivity index (χ3n) is 5.15. The molecule has 0 radical (unpaired) electrons. The van der Waals surface area contributed by atoms with E-state index in [9.17, 15) is 8.42 Å². The van der Waals surface area contributed by atoms with Crippen LogP contribution in [0.15, 0.2) is 53.6 Å². The summed E-state index contributed by atoms with van der Waals surface area (Å²) in [7, 11) is -3.39. The molecule has 2 aliphatic heterocycles. The fourth-order valence-corrected chi connectivity index (χ4v) is 5.30.